The number of benzene rings is 1. The van der Waals surface area contributed by atoms with Crippen molar-refractivity contribution in [3.05, 3.63) is 28.1 Å². The lowest BCUT2D eigenvalue weighted by atomic mass is 10.1. The van der Waals surface area contributed by atoms with Crippen LogP contribution in [0.3, 0.4) is 0 Å². The Bertz CT molecular complexity index is 1090. The van der Waals surface area contributed by atoms with Gasteiger partial charge in [-0.3, -0.25) is 5.32 Å². The van der Waals surface area contributed by atoms with E-state index >= 15 is 0 Å². The standard InChI is InChI=1S/C22H29N3O6/c1-12-13(24-19(28)31-21(5,6)7)8-9-14-15(12)16(26)29-18(23-14)25-22(10-11-22)17(27)30-20(2,3)4/h8-9H,10-11H2,1-7H3,(H,23,25)(H,24,28). The van der Waals surface area contributed by atoms with Gasteiger partial charge in [0, 0.05) is 5.69 Å². The molecule has 0 atom stereocenters. The molecule has 1 heterocycles. The number of hydrogen-bond acceptors (Lipinski definition) is 8. The van der Waals surface area contributed by atoms with Crippen LogP contribution in [0, 0.1) is 6.92 Å². The van der Waals surface area contributed by atoms with E-state index < -0.39 is 34.4 Å². The summed E-state index contributed by atoms with van der Waals surface area (Å²) in [5.74, 6) is -0.405. The van der Waals surface area contributed by atoms with Crippen LogP contribution in [0.4, 0.5) is 16.5 Å². The molecule has 0 unspecified atom stereocenters. The third-order valence-electron chi connectivity index (χ3n) is 4.58. The molecule has 31 heavy (non-hydrogen) atoms. The van der Waals surface area contributed by atoms with Gasteiger partial charge in [-0.15, -0.1) is 0 Å². The maximum absolute atomic E-state index is 12.7. The summed E-state index contributed by atoms with van der Waals surface area (Å²) in [6.07, 6.45) is 0.491. The summed E-state index contributed by atoms with van der Waals surface area (Å²) in [7, 11) is 0. The van der Waals surface area contributed by atoms with Gasteiger partial charge in [-0.05, 0) is 79.0 Å². The van der Waals surface area contributed by atoms with Crippen molar-refractivity contribution in [3.63, 3.8) is 0 Å². The van der Waals surface area contributed by atoms with Gasteiger partial charge >= 0.3 is 17.7 Å². The monoisotopic (exact) mass is 431 g/mol. The van der Waals surface area contributed by atoms with E-state index in [1.165, 1.54) is 0 Å². The van der Waals surface area contributed by atoms with E-state index in [9.17, 15) is 14.4 Å². The summed E-state index contributed by atoms with van der Waals surface area (Å²) in [6.45, 7) is 12.3. The first kappa shape index (κ1) is 22.6. The fourth-order valence-electron chi connectivity index (χ4n) is 3.01. The Hall–Kier alpha value is -3.10. The fourth-order valence-corrected chi connectivity index (χ4v) is 3.01. The van der Waals surface area contributed by atoms with E-state index in [0.717, 1.165) is 0 Å². The van der Waals surface area contributed by atoms with Crippen molar-refractivity contribution in [3.8, 4) is 0 Å². The number of aryl methyl sites for hydroxylation is 1. The highest BCUT2D eigenvalue weighted by Crippen LogP contribution is 2.40. The maximum Gasteiger partial charge on any atom is 0.412 e. The van der Waals surface area contributed by atoms with Gasteiger partial charge in [0.1, 0.15) is 16.7 Å². The molecular weight excluding hydrogens is 402 g/mol. The van der Waals surface area contributed by atoms with Gasteiger partial charge in [0.25, 0.3) is 6.01 Å². The number of anilines is 2. The Morgan fingerprint density at radius 1 is 1.06 bits per heavy atom. The van der Waals surface area contributed by atoms with Crippen LogP contribution < -0.4 is 16.3 Å². The molecular formula is C22H29N3O6. The molecule has 3 rings (SSSR count). The van der Waals surface area contributed by atoms with Crippen LogP contribution in [-0.2, 0) is 14.3 Å². The molecule has 2 N–H and O–H groups in total. The molecule has 0 aliphatic heterocycles. The van der Waals surface area contributed by atoms with Crippen molar-refractivity contribution in [2.45, 2.75) is 78.0 Å². The van der Waals surface area contributed by atoms with Crippen LogP contribution >= 0.6 is 0 Å². The quantitative estimate of drug-likeness (QED) is 0.694. The second kappa shape index (κ2) is 7.55. The van der Waals surface area contributed by atoms with Crippen molar-refractivity contribution < 1.29 is 23.5 Å². The minimum absolute atomic E-state index is 0.0480. The van der Waals surface area contributed by atoms with Crippen LogP contribution in [0.2, 0.25) is 0 Å². The zero-order chi connectivity index (χ0) is 23.2. The number of esters is 1. The molecule has 1 aliphatic carbocycles. The number of nitrogens with zero attached hydrogens (tertiary/aromatic N) is 1. The fraction of sp³-hybridized carbons (Fsp3) is 0.545. The largest absolute Gasteiger partial charge is 0.458 e. The van der Waals surface area contributed by atoms with Crippen molar-refractivity contribution in [2.75, 3.05) is 10.6 Å². The Balaban J connectivity index is 1.86. The lowest BCUT2D eigenvalue weighted by molar-refractivity contribution is -0.157. The summed E-state index contributed by atoms with van der Waals surface area (Å²) in [4.78, 5) is 41.6. The van der Waals surface area contributed by atoms with Crippen LogP contribution in [0.5, 0.6) is 0 Å². The number of carbonyl (C=O) groups excluding carboxylic acids is 2. The number of fused-ring (bicyclic) bond motifs is 1. The predicted octanol–water partition coefficient (Wildman–Crippen LogP) is 4.13. The smallest absolute Gasteiger partial charge is 0.412 e. The molecule has 0 saturated heterocycles. The van der Waals surface area contributed by atoms with Crippen LogP contribution in [0.25, 0.3) is 10.9 Å². The van der Waals surface area contributed by atoms with Gasteiger partial charge in [0.2, 0.25) is 0 Å². The molecule has 9 heteroatoms. The highest BCUT2D eigenvalue weighted by atomic mass is 16.6. The molecule has 1 saturated carbocycles. The first-order valence-corrected chi connectivity index (χ1v) is 10.2. The van der Waals surface area contributed by atoms with E-state index in [0.29, 0.717) is 29.6 Å². The molecule has 1 aromatic carbocycles. The average molecular weight is 431 g/mol. The average Bonchev–Trinajstić information content (AvgIpc) is 3.34. The lowest BCUT2D eigenvalue weighted by Gasteiger charge is -2.24. The van der Waals surface area contributed by atoms with Crippen molar-refractivity contribution in [1.29, 1.82) is 0 Å². The van der Waals surface area contributed by atoms with Gasteiger partial charge in [-0.25, -0.2) is 14.4 Å². The molecule has 168 valence electrons. The minimum Gasteiger partial charge on any atom is -0.458 e. The highest BCUT2D eigenvalue weighted by Gasteiger charge is 2.53. The number of carbonyl (C=O) groups is 2. The molecule has 0 bridgehead atoms. The maximum atomic E-state index is 12.7. The highest BCUT2D eigenvalue weighted by molar-refractivity contribution is 5.93. The number of aromatic nitrogens is 1. The van der Waals surface area contributed by atoms with Crippen molar-refractivity contribution in [1.82, 2.24) is 4.98 Å². The van der Waals surface area contributed by atoms with Crippen LogP contribution in [-0.4, -0.2) is 33.8 Å². The second-order valence-electron chi connectivity index (χ2n) is 9.77. The first-order valence-electron chi connectivity index (χ1n) is 10.2. The molecule has 1 fully saturated rings. The van der Waals surface area contributed by atoms with E-state index in [4.69, 9.17) is 13.9 Å². The lowest BCUT2D eigenvalue weighted by Crippen LogP contribution is -2.38. The molecule has 9 nitrogen and oxygen atoms in total. The minimum atomic E-state index is -0.933. The Morgan fingerprint density at radius 3 is 2.23 bits per heavy atom. The first-order chi connectivity index (χ1) is 14.2. The SMILES string of the molecule is Cc1c(NC(=O)OC(C)(C)C)ccc2nc(NC3(C(=O)OC(C)(C)C)CC3)oc(=O)c12. The van der Waals surface area contributed by atoms with Crippen molar-refractivity contribution >= 4 is 34.7 Å². The van der Waals surface area contributed by atoms with E-state index in [-0.39, 0.29) is 11.4 Å². The predicted molar refractivity (Wildman–Crippen MR) is 116 cm³/mol. The zero-order valence-electron chi connectivity index (χ0n) is 19.0. The van der Waals surface area contributed by atoms with E-state index in [1.54, 1.807) is 60.6 Å². The van der Waals surface area contributed by atoms with Gasteiger partial charge in [0.05, 0.1) is 10.9 Å². The molecule has 1 amide bonds. The third-order valence-corrected chi connectivity index (χ3v) is 4.58. The molecule has 1 aliphatic rings. The molecule has 0 radical (unpaired) electrons. The summed E-state index contributed by atoms with van der Waals surface area (Å²) >= 11 is 0. The Kier molecular flexibility index (Phi) is 5.50. The third kappa shape index (κ3) is 5.34. The molecule has 1 aromatic heterocycles. The number of hydrogen-bond donors (Lipinski definition) is 2. The Labute approximate surface area is 180 Å². The number of nitrogens with one attached hydrogen (secondary N) is 2. The van der Waals surface area contributed by atoms with Gasteiger partial charge < -0.3 is 19.2 Å². The second-order valence-corrected chi connectivity index (χ2v) is 9.77. The van der Waals surface area contributed by atoms with Gasteiger partial charge in [-0.2, -0.15) is 4.98 Å². The number of amides is 1. The van der Waals surface area contributed by atoms with Crippen LogP contribution in [0.1, 0.15) is 59.9 Å². The summed E-state index contributed by atoms with van der Waals surface area (Å²) in [6, 6.07) is 3.19. The summed E-state index contributed by atoms with van der Waals surface area (Å²) in [5, 5.41) is 5.81. The summed E-state index contributed by atoms with van der Waals surface area (Å²) in [5.41, 5.74) is -1.53. The molecule has 2 aromatic rings. The number of ether oxygens (including phenoxy) is 2. The topological polar surface area (TPSA) is 120 Å². The van der Waals surface area contributed by atoms with Gasteiger partial charge in [0.15, 0.2) is 0 Å². The zero-order valence-corrected chi connectivity index (χ0v) is 19.0. The Morgan fingerprint density at radius 2 is 1.68 bits per heavy atom. The van der Waals surface area contributed by atoms with E-state index in [2.05, 4.69) is 15.6 Å². The van der Waals surface area contributed by atoms with E-state index in [1.807, 2.05) is 0 Å². The van der Waals surface area contributed by atoms with Crippen molar-refractivity contribution in [2.24, 2.45) is 0 Å². The summed E-state index contributed by atoms with van der Waals surface area (Å²) < 4.78 is 16.1. The molecule has 0 spiro atoms. The normalized spacial score (nSPS) is 15.3. The van der Waals surface area contributed by atoms with Gasteiger partial charge in [-0.1, -0.05) is 0 Å². The van der Waals surface area contributed by atoms with Crippen LogP contribution in [0.15, 0.2) is 21.3 Å². The number of rotatable bonds is 4.